The van der Waals surface area contributed by atoms with Gasteiger partial charge >= 0.3 is 0 Å². The Morgan fingerprint density at radius 1 is 1.00 bits per heavy atom. The first kappa shape index (κ1) is 8.88. The van der Waals surface area contributed by atoms with E-state index in [1.807, 2.05) is 24.7 Å². The molecule has 0 radical (unpaired) electrons. The van der Waals surface area contributed by atoms with Crippen LogP contribution in [0.5, 0.6) is 0 Å². The molecule has 0 amide bonds. The molecule has 0 saturated carbocycles. The predicted molar refractivity (Wildman–Crippen MR) is 67.8 cm³/mol. The van der Waals surface area contributed by atoms with Crippen molar-refractivity contribution in [1.29, 1.82) is 0 Å². The third kappa shape index (κ3) is 1.15. The fraction of sp³-hybridized carbons (Fsp3) is 0.0667. The lowest BCUT2D eigenvalue weighted by Gasteiger charge is -2.03. The molecule has 2 heteroatoms. The molecular formula is C15H10N2. The summed E-state index contributed by atoms with van der Waals surface area (Å²) in [5, 5.41) is 2.51. The van der Waals surface area contributed by atoms with Gasteiger partial charge in [0.25, 0.3) is 0 Å². The fourth-order valence-electron chi connectivity index (χ4n) is 2.65. The molecule has 0 aliphatic heterocycles. The Morgan fingerprint density at radius 2 is 2.00 bits per heavy atom. The number of rotatable bonds is 0. The number of hydrogen-bond acceptors (Lipinski definition) is 2. The van der Waals surface area contributed by atoms with Gasteiger partial charge in [0, 0.05) is 36.0 Å². The highest BCUT2D eigenvalue weighted by Crippen LogP contribution is 2.38. The number of benzene rings is 1. The van der Waals surface area contributed by atoms with Gasteiger partial charge in [0.1, 0.15) is 0 Å². The SMILES string of the molecule is c1cnc2c(c1)Cc1c-2ccc2ccncc12. The number of aromatic nitrogens is 2. The van der Waals surface area contributed by atoms with Crippen molar-refractivity contribution >= 4 is 10.8 Å². The van der Waals surface area contributed by atoms with Crippen molar-refractivity contribution in [3.8, 4) is 11.3 Å². The molecule has 80 valence electrons. The van der Waals surface area contributed by atoms with Crippen LogP contribution in [0, 0.1) is 0 Å². The van der Waals surface area contributed by atoms with Crippen LogP contribution in [-0.2, 0) is 6.42 Å². The third-order valence-corrected chi connectivity index (χ3v) is 3.45. The molecule has 2 aromatic heterocycles. The van der Waals surface area contributed by atoms with Gasteiger partial charge in [-0.25, -0.2) is 0 Å². The van der Waals surface area contributed by atoms with Gasteiger partial charge in [-0.1, -0.05) is 18.2 Å². The van der Waals surface area contributed by atoms with E-state index in [2.05, 4.69) is 34.2 Å². The fourth-order valence-corrected chi connectivity index (χ4v) is 2.65. The molecule has 0 atom stereocenters. The summed E-state index contributed by atoms with van der Waals surface area (Å²) < 4.78 is 0. The van der Waals surface area contributed by atoms with Gasteiger partial charge in [0.05, 0.1) is 5.69 Å². The zero-order valence-electron chi connectivity index (χ0n) is 9.22. The molecule has 1 aliphatic carbocycles. The smallest absolute Gasteiger partial charge is 0.0740 e. The molecule has 1 aliphatic rings. The van der Waals surface area contributed by atoms with Crippen LogP contribution < -0.4 is 0 Å². The molecule has 17 heavy (non-hydrogen) atoms. The van der Waals surface area contributed by atoms with Crippen LogP contribution >= 0.6 is 0 Å². The molecule has 3 aromatic rings. The maximum absolute atomic E-state index is 4.49. The monoisotopic (exact) mass is 218 g/mol. The highest BCUT2D eigenvalue weighted by Gasteiger charge is 2.20. The molecule has 4 rings (SSSR count). The number of fused-ring (bicyclic) bond motifs is 5. The van der Waals surface area contributed by atoms with Crippen molar-refractivity contribution in [2.45, 2.75) is 6.42 Å². The predicted octanol–water partition coefficient (Wildman–Crippen LogP) is 3.20. The van der Waals surface area contributed by atoms with Crippen LogP contribution in [0.3, 0.4) is 0 Å². The summed E-state index contributed by atoms with van der Waals surface area (Å²) >= 11 is 0. The lowest BCUT2D eigenvalue weighted by atomic mass is 10.0. The minimum absolute atomic E-state index is 0.974. The van der Waals surface area contributed by atoms with E-state index in [4.69, 9.17) is 0 Å². The Balaban J connectivity index is 2.11. The Bertz CT molecular complexity index is 732. The molecular weight excluding hydrogens is 208 g/mol. The van der Waals surface area contributed by atoms with Gasteiger partial charge in [0.2, 0.25) is 0 Å². The summed E-state index contributed by atoms with van der Waals surface area (Å²) in [5.41, 5.74) is 5.08. The number of nitrogens with zero attached hydrogens (tertiary/aromatic N) is 2. The summed E-state index contributed by atoms with van der Waals surface area (Å²) in [6.45, 7) is 0. The molecule has 0 fully saturated rings. The minimum Gasteiger partial charge on any atom is -0.264 e. The van der Waals surface area contributed by atoms with E-state index in [9.17, 15) is 0 Å². The van der Waals surface area contributed by atoms with Gasteiger partial charge in [-0.05, 0) is 28.6 Å². The van der Waals surface area contributed by atoms with Gasteiger partial charge in [-0.2, -0.15) is 0 Å². The summed E-state index contributed by atoms with van der Waals surface area (Å²) in [6, 6.07) is 10.6. The van der Waals surface area contributed by atoms with Gasteiger partial charge in [-0.15, -0.1) is 0 Å². The molecule has 0 saturated heterocycles. The number of pyridine rings is 2. The van der Waals surface area contributed by atoms with Gasteiger partial charge < -0.3 is 0 Å². The van der Waals surface area contributed by atoms with Crippen molar-refractivity contribution < 1.29 is 0 Å². The third-order valence-electron chi connectivity index (χ3n) is 3.45. The standard InChI is InChI=1S/C15H10N2/c1-2-11-8-13-12(15(11)17-6-1)4-3-10-5-7-16-9-14(10)13/h1-7,9H,8H2. The first-order valence-corrected chi connectivity index (χ1v) is 5.73. The molecule has 1 aromatic carbocycles. The zero-order chi connectivity index (χ0) is 11.2. The van der Waals surface area contributed by atoms with E-state index in [1.165, 1.54) is 27.5 Å². The molecule has 2 heterocycles. The maximum atomic E-state index is 4.49. The van der Waals surface area contributed by atoms with Crippen LogP contribution in [0.15, 0.2) is 48.9 Å². The van der Waals surface area contributed by atoms with Crippen LogP contribution in [-0.4, -0.2) is 9.97 Å². The molecule has 0 N–H and O–H groups in total. The summed E-state index contributed by atoms with van der Waals surface area (Å²) in [5.74, 6) is 0. The first-order valence-electron chi connectivity index (χ1n) is 5.73. The van der Waals surface area contributed by atoms with E-state index in [0.29, 0.717) is 0 Å². The normalized spacial score (nSPS) is 12.5. The Labute approximate surface area is 99.0 Å². The van der Waals surface area contributed by atoms with Gasteiger partial charge in [0.15, 0.2) is 0 Å². The van der Waals surface area contributed by atoms with Crippen molar-refractivity contribution in [2.75, 3.05) is 0 Å². The second kappa shape index (κ2) is 3.14. The van der Waals surface area contributed by atoms with E-state index < -0.39 is 0 Å². The van der Waals surface area contributed by atoms with Crippen LogP contribution in [0.1, 0.15) is 11.1 Å². The van der Waals surface area contributed by atoms with E-state index in [-0.39, 0.29) is 0 Å². The summed E-state index contributed by atoms with van der Waals surface area (Å²) in [6.07, 6.45) is 6.64. The highest BCUT2D eigenvalue weighted by atomic mass is 14.7. The maximum Gasteiger partial charge on any atom is 0.0740 e. The van der Waals surface area contributed by atoms with Crippen LogP contribution in [0.25, 0.3) is 22.0 Å². The minimum atomic E-state index is 0.974. The number of hydrogen-bond donors (Lipinski definition) is 0. The van der Waals surface area contributed by atoms with Crippen molar-refractivity contribution in [3.63, 3.8) is 0 Å². The molecule has 2 nitrogen and oxygen atoms in total. The van der Waals surface area contributed by atoms with Crippen molar-refractivity contribution in [2.24, 2.45) is 0 Å². The molecule has 0 bridgehead atoms. The summed E-state index contributed by atoms with van der Waals surface area (Å²) in [7, 11) is 0. The zero-order valence-corrected chi connectivity index (χ0v) is 9.22. The van der Waals surface area contributed by atoms with Crippen molar-refractivity contribution in [3.05, 3.63) is 60.0 Å². The second-order valence-electron chi connectivity index (χ2n) is 4.38. The Morgan fingerprint density at radius 3 is 3.00 bits per heavy atom. The molecule has 0 unspecified atom stereocenters. The quantitative estimate of drug-likeness (QED) is 0.453. The average Bonchev–Trinajstić information content (AvgIpc) is 2.78. The van der Waals surface area contributed by atoms with Gasteiger partial charge in [-0.3, -0.25) is 9.97 Å². The first-order chi connectivity index (χ1) is 8.43. The van der Waals surface area contributed by atoms with Crippen LogP contribution in [0.2, 0.25) is 0 Å². The lowest BCUT2D eigenvalue weighted by Crippen LogP contribution is -1.84. The largest absolute Gasteiger partial charge is 0.264 e. The lowest BCUT2D eigenvalue weighted by molar-refractivity contribution is 1.23. The van der Waals surface area contributed by atoms with E-state index in [1.54, 1.807) is 0 Å². The highest BCUT2D eigenvalue weighted by molar-refractivity contribution is 5.93. The second-order valence-corrected chi connectivity index (χ2v) is 4.38. The Kier molecular flexibility index (Phi) is 1.64. The van der Waals surface area contributed by atoms with Crippen LogP contribution in [0.4, 0.5) is 0 Å². The molecule has 0 spiro atoms. The summed E-state index contributed by atoms with van der Waals surface area (Å²) in [4.78, 5) is 8.72. The van der Waals surface area contributed by atoms with E-state index >= 15 is 0 Å². The average molecular weight is 218 g/mol. The van der Waals surface area contributed by atoms with Crippen molar-refractivity contribution in [1.82, 2.24) is 9.97 Å². The van der Waals surface area contributed by atoms with E-state index in [0.717, 1.165) is 12.1 Å². The Hall–Kier alpha value is -2.22. The topological polar surface area (TPSA) is 25.8 Å².